The molecule has 0 bridgehead atoms. The van der Waals surface area contributed by atoms with Crippen molar-refractivity contribution >= 4 is 12.5 Å². The number of hydrogen-bond donors (Lipinski definition) is 0. The smallest absolute Gasteiger partial charge is 0.136 e. The van der Waals surface area contributed by atoms with Crippen molar-refractivity contribution in [2.24, 2.45) is 21.7 Å². The van der Waals surface area contributed by atoms with Gasteiger partial charge in [0.15, 0.2) is 0 Å². The van der Waals surface area contributed by atoms with Crippen LogP contribution in [-0.2, 0) is 16.1 Å². The van der Waals surface area contributed by atoms with Crippen molar-refractivity contribution in [3.05, 3.63) is 35.9 Å². The number of Topliss-reactive ketones (excluding diaryl/α,β-unsaturated/α-hetero) is 1. The standard InChI is InChI=1S/C23H33NO2/c1-21(2)13-8-14-22(3)19(20(25)11-15-23(21,22)24-4)12-16-26-17-18-9-6-5-7-10-18/h5-7,9-10,19H,4,8,11-17H2,1-3H3/t19-,22+,23+/m0/s1. The molecule has 3 nitrogen and oxygen atoms in total. The van der Waals surface area contributed by atoms with E-state index in [9.17, 15) is 4.79 Å². The molecule has 2 fully saturated rings. The summed E-state index contributed by atoms with van der Waals surface area (Å²) in [4.78, 5) is 17.6. The van der Waals surface area contributed by atoms with E-state index in [4.69, 9.17) is 9.73 Å². The zero-order valence-corrected chi connectivity index (χ0v) is 16.6. The van der Waals surface area contributed by atoms with Gasteiger partial charge in [-0.2, -0.15) is 0 Å². The van der Waals surface area contributed by atoms with E-state index in [1.54, 1.807) is 0 Å². The fourth-order valence-corrected chi connectivity index (χ4v) is 5.92. The Morgan fingerprint density at radius 1 is 1.15 bits per heavy atom. The number of rotatable bonds is 6. The van der Waals surface area contributed by atoms with Gasteiger partial charge >= 0.3 is 0 Å². The second kappa shape index (κ2) is 7.26. The van der Waals surface area contributed by atoms with Gasteiger partial charge in [-0.1, -0.05) is 57.5 Å². The predicted molar refractivity (Wildman–Crippen MR) is 106 cm³/mol. The Labute approximate surface area is 158 Å². The fourth-order valence-electron chi connectivity index (χ4n) is 5.92. The first-order chi connectivity index (χ1) is 12.4. The van der Waals surface area contributed by atoms with E-state index < -0.39 is 0 Å². The molecule has 3 rings (SSSR count). The minimum Gasteiger partial charge on any atom is -0.377 e. The molecule has 0 N–H and O–H groups in total. The maximum atomic E-state index is 12.9. The van der Waals surface area contributed by atoms with E-state index in [1.807, 2.05) is 18.2 Å². The lowest BCUT2D eigenvalue weighted by molar-refractivity contribution is -0.149. The second-order valence-corrected chi connectivity index (χ2v) is 9.02. The van der Waals surface area contributed by atoms with Crippen molar-refractivity contribution in [2.45, 2.75) is 71.4 Å². The minimum atomic E-state index is -0.198. The highest BCUT2D eigenvalue weighted by Crippen LogP contribution is 2.64. The first kappa shape index (κ1) is 19.3. The third-order valence-electron chi connectivity index (χ3n) is 7.39. The summed E-state index contributed by atoms with van der Waals surface area (Å²) in [5.41, 5.74) is 0.957. The number of ether oxygens (including phenoxy) is 1. The van der Waals surface area contributed by atoms with Crippen LogP contribution in [0, 0.1) is 16.7 Å². The van der Waals surface area contributed by atoms with Crippen LogP contribution in [0.5, 0.6) is 0 Å². The topological polar surface area (TPSA) is 38.7 Å². The average molecular weight is 356 g/mol. The Kier molecular flexibility index (Phi) is 5.39. The van der Waals surface area contributed by atoms with Crippen LogP contribution in [0.1, 0.15) is 64.9 Å². The first-order valence-corrected chi connectivity index (χ1v) is 9.99. The molecular formula is C23H33NO2. The van der Waals surface area contributed by atoms with Gasteiger partial charge in [-0.05, 0) is 43.4 Å². The summed E-state index contributed by atoms with van der Waals surface area (Å²) >= 11 is 0. The van der Waals surface area contributed by atoms with E-state index in [2.05, 4.69) is 39.6 Å². The monoisotopic (exact) mass is 355 g/mol. The van der Waals surface area contributed by atoms with Gasteiger partial charge in [0.25, 0.3) is 0 Å². The molecule has 0 heterocycles. The highest BCUT2D eigenvalue weighted by atomic mass is 16.5. The molecule has 0 aliphatic heterocycles. The molecule has 0 radical (unpaired) electrons. The van der Waals surface area contributed by atoms with E-state index >= 15 is 0 Å². The Morgan fingerprint density at radius 3 is 2.58 bits per heavy atom. The van der Waals surface area contributed by atoms with Crippen molar-refractivity contribution < 1.29 is 9.53 Å². The fraction of sp³-hybridized carbons (Fsp3) is 0.652. The van der Waals surface area contributed by atoms with Crippen LogP contribution in [0.3, 0.4) is 0 Å². The van der Waals surface area contributed by atoms with Crippen LogP contribution in [0.25, 0.3) is 0 Å². The number of nitrogens with zero attached hydrogens (tertiary/aromatic N) is 1. The molecule has 1 aromatic rings. The summed E-state index contributed by atoms with van der Waals surface area (Å²) in [5, 5.41) is 0. The summed E-state index contributed by atoms with van der Waals surface area (Å²) in [7, 11) is 0. The Morgan fingerprint density at radius 2 is 1.88 bits per heavy atom. The van der Waals surface area contributed by atoms with Crippen LogP contribution < -0.4 is 0 Å². The largest absolute Gasteiger partial charge is 0.377 e. The number of aliphatic imine (C=N–C) groups is 1. The lowest BCUT2D eigenvalue weighted by Crippen LogP contribution is -2.64. The van der Waals surface area contributed by atoms with Crippen LogP contribution in [0.2, 0.25) is 0 Å². The number of benzene rings is 1. The van der Waals surface area contributed by atoms with Crippen LogP contribution in [0.15, 0.2) is 35.3 Å². The zero-order valence-electron chi connectivity index (χ0n) is 16.6. The Balaban J connectivity index is 1.73. The highest BCUT2D eigenvalue weighted by molar-refractivity contribution is 5.83. The molecule has 2 saturated carbocycles. The normalized spacial score (nSPS) is 33.5. The Hall–Kier alpha value is -1.48. The molecular weight excluding hydrogens is 322 g/mol. The lowest BCUT2D eigenvalue weighted by atomic mass is 9.43. The molecule has 0 aromatic heterocycles. The maximum Gasteiger partial charge on any atom is 0.136 e. The predicted octanol–water partition coefficient (Wildman–Crippen LogP) is 5.23. The summed E-state index contributed by atoms with van der Waals surface area (Å²) in [6.07, 6.45) is 5.64. The van der Waals surface area contributed by atoms with Gasteiger partial charge in [0.2, 0.25) is 0 Å². The third kappa shape index (κ3) is 3.05. The van der Waals surface area contributed by atoms with E-state index in [0.717, 1.165) is 32.1 Å². The minimum absolute atomic E-state index is 0.0251. The third-order valence-corrected chi connectivity index (χ3v) is 7.39. The number of ketones is 1. The molecule has 0 saturated heterocycles. The van der Waals surface area contributed by atoms with Gasteiger partial charge in [0, 0.05) is 24.4 Å². The van der Waals surface area contributed by atoms with Crippen LogP contribution in [0.4, 0.5) is 0 Å². The van der Waals surface area contributed by atoms with E-state index in [-0.39, 0.29) is 22.3 Å². The van der Waals surface area contributed by atoms with Gasteiger partial charge in [-0.3, -0.25) is 9.79 Å². The van der Waals surface area contributed by atoms with Crippen LogP contribution >= 0.6 is 0 Å². The number of hydrogen-bond acceptors (Lipinski definition) is 3. The van der Waals surface area contributed by atoms with Crippen molar-refractivity contribution in [1.82, 2.24) is 0 Å². The number of fused-ring (bicyclic) bond motifs is 1. The van der Waals surface area contributed by atoms with Crippen LogP contribution in [-0.4, -0.2) is 24.6 Å². The molecule has 142 valence electrons. The molecule has 0 amide bonds. The highest BCUT2D eigenvalue weighted by Gasteiger charge is 2.64. The summed E-state index contributed by atoms with van der Waals surface area (Å²) in [5.74, 6) is 0.421. The summed E-state index contributed by atoms with van der Waals surface area (Å²) < 4.78 is 5.92. The molecule has 3 atom stereocenters. The van der Waals surface area contributed by atoms with E-state index in [0.29, 0.717) is 25.4 Å². The quantitative estimate of drug-likeness (QED) is 0.518. The van der Waals surface area contributed by atoms with Gasteiger partial charge in [0.05, 0.1) is 12.1 Å². The maximum absolute atomic E-state index is 12.9. The van der Waals surface area contributed by atoms with Gasteiger partial charge in [0.1, 0.15) is 5.78 Å². The van der Waals surface area contributed by atoms with Gasteiger partial charge in [-0.25, -0.2) is 0 Å². The van der Waals surface area contributed by atoms with Gasteiger partial charge in [-0.15, -0.1) is 0 Å². The molecule has 0 spiro atoms. The summed E-state index contributed by atoms with van der Waals surface area (Å²) in [6, 6.07) is 10.2. The van der Waals surface area contributed by atoms with Gasteiger partial charge < -0.3 is 4.74 Å². The molecule has 3 heteroatoms. The van der Waals surface area contributed by atoms with Crippen molar-refractivity contribution in [3.8, 4) is 0 Å². The molecule has 2 aliphatic rings. The molecule has 26 heavy (non-hydrogen) atoms. The zero-order chi connectivity index (χ0) is 18.8. The molecule has 1 aromatic carbocycles. The number of carbonyl (C=O) groups excluding carboxylic acids is 1. The molecule has 0 unspecified atom stereocenters. The average Bonchev–Trinajstić information content (AvgIpc) is 2.61. The number of carbonyl (C=O) groups is 1. The second-order valence-electron chi connectivity index (χ2n) is 9.02. The van der Waals surface area contributed by atoms with Crippen molar-refractivity contribution in [3.63, 3.8) is 0 Å². The summed E-state index contributed by atoms with van der Waals surface area (Å²) in [6.45, 7) is 12.2. The first-order valence-electron chi connectivity index (χ1n) is 9.99. The van der Waals surface area contributed by atoms with E-state index in [1.165, 1.54) is 5.56 Å². The van der Waals surface area contributed by atoms with Crippen molar-refractivity contribution in [2.75, 3.05) is 6.61 Å². The SMILES string of the molecule is C=N[C@@]12CCC(=O)[C@H](CCOCc3ccccc3)[C@@]1(C)CCCC2(C)C. The molecule has 2 aliphatic carbocycles. The Bertz CT molecular complexity index is 653. The lowest BCUT2D eigenvalue weighted by Gasteiger charge is -2.63. The van der Waals surface area contributed by atoms with Crippen molar-refractivity contribution in [1.29, 1.82) is 0 Å².